The Labute approximate surface area is 198 Å². The first-order valence-corrected chi connectivity index (χ1v) is 11.0. The molecule has 0 atom stereocenters. The minimum atomic E-state index is -0.284. The number of hydrogen-bond acceptors (Lipinski definition) is 3. The van der Waals surface area contributed by atoms with E-state index in [4.69, 9.17) is 12.2 Å². The molecule has 0 bridgehead atoms. The Morgan fingerprint density at radius 2 is 1.45 bits per heavy atom. The average Bonchev–Trinajstić information content (AvgIpc) is 2.85. The Hall–Kier alpha value is -4.03. The van der Waals surface area contributed by atoms with E-state index in [9.17, 15) is 9.59 Å². The van der Waals surface area contributed by atoms with Gasteiger partial charge in [-0.05, 0) is 67.0 Å². The van der Waals surface area contributed by atoms with Crippen LogP contribution in [0.3, 0.4) is 0 Å². The molecule has 0 aliphatic rings. The van der Waals surface area contributed by atoms with Gasteiger partial charge in [-0.15, -0.1) is 0 Å². The summed E-state index contributed by atoms with van der Waals surface area (Å²) in [5.74, 6) is -0.367. The standard InChI is InChI=1S/C27H23N3O2S/c1-2-30(24-14-8-12-19-9-6-7-13-23(19)24)26(32)21-15-17-22(18-16-21)28-27(33)29-25(31)20-10-4-3-5-11-20/h3-18H,2H2,1H3,(H2,28,29,31,33). The largest absolute Gasteiger partial charge is 0.332 e. The van der Waals surface area contributed by atoms with Crippen LogP contribution in [0.4, 0.5) is 11.4 Å². The van der Waals surface area contributed by atoms with Gasteiger partial charge in [0, 0.05) is 28.7 Å². The SMILES string of the molecule is CCN(C(=O)c1ccc(NC(=S)NC(=O)c2ccccc2)cc1)c1cccc2ccccc12. The second-order valence-electron chi connectivity index (χ2n) is 7.40. The zero-order valence-electron chi connectivity index (χ0n) is 18.1. The van der Waals surface area contributed by atoms with Gasteiger partial charge < -0.3 is 10.2 Å². The highest BCUT2D eigenvalue weighted by Gasteiger charge is 2.18. The van der Waals surface area contributed by atoms with Gasteiger partial charge in [0.15, 0.2) is 5.11 Å². The zero-order chi connectivity index (χ0) is 23.2. The van der Waals surface area contributed by atoms with Crippen LogP contribution < -0.4 is 15.5 Å². The molecule has 164 valence electrons. The fraction of sp³-hybridized carbons (Fsp3) is 0.0741. The lowest BCUT2D eigenvalue weighted by atomic mass is 10.1. The van der Waals surface area contributed by atoms with Crippen LogP contribution in [-0.2, 0) is 0 Å². The van der Waals surface area contributed by atoms with E-state index >= 15 is 0 Å². The van der Waals surface area contributed by atoms with Gasteiger partial charge in [0.1, 0.15) is 0 Å². The highest BCUT2D eigenvalue weighted by molar-refractivity contribution is 7.80. The van der Waals surface area contributed by atoms with E-state index in [1.54, 1.807) is 53.4 Å². The number of amides is 2. The summed E-state index contributed by atoms with van der Waals surface area (Å²) in [6.07, 6.45) is 0. The third kappa shape index (κ3) is 5.07. The van der Waals surface area contributed by atoms with Gasteiger partial charge in [-0.25, -0.2) is 0 Å². The van der Waals surface area contributed by atoms with Crippen molar-refractivity contribution in [2.24, 2.45) is 0 Å². The number of benzene rings is 4. The third-order valence-corrected chi connectivity index (χ3v) is 5.48. The quantitative estimate of drug-likeness (QED) is 0.384. The molecular weight excluding hydrogens is 430 g/mol. The molecule has 5 nitrogen and oxygen atoms in total. The number of hydrogen-bond donors (Lipinski definition) is 2. The van der Waals surface area contributed by atoms with Crippen molar-refractivity contribution >= 4 is 51.3 Å². The molecule has 0 unspecified atom stereocenters. The van der Waals surface area contributed by atoms with Gasteiger partial charge in [0.25, 0.3) is 11.8 Å². The number of carbonyl (C=O) groups excluding carboxylic acids is 2. The lowest BCUT2D eigenvalue weighted by Crippen LogP contribution is -2.34. The molecule has 33 heavy (non-hydrogen) atoms. The first kappa shape index (κ1) is 22.2. The van der Waals surface area contributed by atoms with Gasteiger partial charge in [-0.2, -0.15) is 0 Å². The van der Waals surface area contributed by atoms with Crippen molar-refractivity contribution in [3.63, 3.8) is 0 Å². The Morgan fingerprint density at radius 3 is 2.18 bits per heavy atom. The molecule has 0 saturated carbocycles. The van der Waals surface area contributed by atoms with Gasteiger partial charge in [-0.1, -0.05) is 54.6 Å². The molecule has 4 aromatic carbocycles. The van der Waals surface area contributed by atoms with Crippen LogP contribution in [0, 0.1) is 0 Å². The van der Waals surface area contributed by atoms with Crippen molar-refractivity contribution in [3.05, 3.63) is 108 Å². The lowest BCUT2D eigenvalue weighted by Gasteiger charge is -2.23. The summed E-state index contributed by atoms with van der Waals surface area (Å²) in [5, 5.41) is 7.95. The Balaban J connectivity index is 1.46. The van der Waals surface area contributed by atoms with Crippen LogP contribution in [0.15, 0.2) is 97.1 Å². The number of rotatable bonds is 5. The molecule has 0 aliphatic carbocycles. The molecule has 0 aliphatic heterocycles. The van der Waals surface area contributed by atoms with Gasteiger partial charge in [0.05, 0.1) is 5.69 Å². The fourth-order valence-electron chi connectivity index (χ4n) is 3.65. The second kappa shape index (κ2) is 10.1. The highest BCUT2D eigenvalue weighted by atomic mass is 32.1. The summed E-state index contributed by atoms with van der Waals surface area (Å²) in [4.78, 5) is 27.3. The number of nitrogens with zero attached hydrogens (tertiary/aromatic N) is 1. The predicted octanol–water partition coefficient (Wildman–Crippen LogP) is 5.63. The predicted molar refractivity (Wildman–Crippen MR) is 138 cm³/mol. The van der Waals surface area contributed by atoms with E-state index < -0.39 is 0 Å². The van der Waals surface area contributed by atoms with Crippen LogP contribution in [0.2, 0.25) is 0 Å². The Kier molecular flexibility index (Phi) is 6.76. The molecule has 0 radical (unpaired) electrons. The van der Waals surface area contributed by atoms with Gasteiger partial charge in [-0.3, -0.25) is 14.9 Å². The molecule has 0 fully saturated rings. The fourth-order valence-corrected chi connectivity index (χ4v) is 3.86. The molecule has 0 aromatic heterocycles. The summed E-state index contributed by atoms with van der Waals surface area (Å²) in [6, 6.07) is 29.9. The maximum Gasteiger partial charge on any atom is 0.258 e. The minimum absolute atomic E-state index is 0.0830. The summed E-state index contributed by atoms with van der Waals surface area (Å²) in [5.41, 5.74) is 2.65. The molecule has 0 saturated heterocycles. The van der Waals surface area contributed by atoms with Gasteiger partial charge >= 0.3 is 0 Å². The van der Waals surface area contributed by atoms with Gasteiger partial charge in [0.2, 0.25) is 0 Å². The molecule has 2 N–H and O–H groups in total. The molecule has 2 amide bonds. The van der Waals surface area contributed by atoms with Crippen LogP contribution in [0.1, 0.15) is 27.6 Å². The summed E-state index contributed by atoms with van der Waals surface area (Å²) in [7, 11) is 0. The zero-order valence-corrected chi connectivity index (χ0v) is 18.9. The molecule has 6 heteroatoms. The van der Waals surface area contributed by atoms with Crippen LogP contribution in [-0.4, -0.2) is 23.5 Å². The number of fused-ring (bicyclic) bond motifs is 1. The maximum absolute atomic E-state index is 13.3. The molecular formula is C27H23N3O2S. The van der Waals surface area contributed by atoms with Crippen molar-refractivity contribution in [1.82, 2.24) is 5.32 Å². The lowest BCUT2D eigenvalue weighted by molar-refractivity contribution is 0.0973. The van der Waals surface area contributed by atoms with E-state index in [2.05, 4.69) is 10.6 Å². The van der Waals surface area contributed by atoms with Crippen LogP contribution in [0.25, 0.3) is 10.8 Å². The molecule has 4 aromatic rings. The minimum Gasteiger partial charge on any atom is -0.332 e. The van der Waals surface area contributed by atoms with E-state index in [1.165, 1.54) is 0 Å². The number of anilines is 2. The summed E-state index contributed by atoms with van der Waals surface area (Å²) >= 11 is 5.25. The van der Waals surface area contributed by atoms with E-state index in [0.29, 0.717) is 23.4 Å². The maximum atomic E-state index is 13.3. The van der Waals surface area contributed by atoms with Crippen molar-refractivity contribution in [2.45, 2.75) is 6.92 Å². The van der Waals surface area contributed by atoms with Crippen LogP contribution >= 0.6 is 12.2 Å². The van der Waals surface area contributed by atoms with Crippen molar-refractivity contribution < 1.29 is 9.59 Å². The Bertz CT molecular complexity index is 1300. The summed E-state index contributed by atoms with van der Waals surface area (Å²) in [6.45, 7) is 2.51. The molecule has 0 spiro atoms. The molecule has 4 rings (SSSR count). The average molecular weight is 454 g/mol. The summed E-state index contributed by atoms with van der Waals surface area (Å²) < 4.78 is 0. The molecule has 0 heterocycles. The highest BCUT2D eigenvalue weighted by Crippen LogP contribution is 2.28. The van der Waals surface area contributed by atoms with Crippen molar-refractivity contribution in [3.8, 4) is 0 Å². The third-order valence-electron chi connectivity index (χ3n) is 5.27. The second-order valence-corrected chi connectivity index (χ2v) is 7.81. The van der Waals surface area contributed by atoms with Crippen molar-refractivity contribution in [2.75, 3.05) is 16.8 Å². The topological polar surface area (TPSA) is 61.4 Å². The Morgan fingerprint density at radius 1 is 0.788 bits per heavy atom. The monoisotopic (exact) mass is 453 g/mol. The number of nitrogens with one attached hydrogen (secondary N) is 2. The first-order chi connectivity index (χ1) is 16.1. The van der Waals surface area contributed by atoms with Crippen LogP contribution in [0.5, 0.6) is 0 Å². The smallest absolute Gasteiger partial charge is 0.258 e. The van der Waals surface area contributed by atoms with E-state index in [-0.39, 0.29) is 16.9 Å². The number of carbonyl (C=O) groups is 2. The normalized spacial score (nSPS) is 10.5. The van der Waals surface area contributed by atoms with E-state index in [1.807, 2.05) is 55.5 Å². The van der Waals surface area contributed by atoms with E-state index in [0.717, 1.165) is 16.5 Å². The first-order valence-electron chi connectivity index (χ1n) is 10.6. The number of thiocarbonyl (C=S) groups is 1. The van der Waals surface area contributed by atoms with Crippen molar-refractivity contribution in [1.29, 1.82) is 0 Å².